The van der Waals surface area contributed by atoms with Gasteiger partial charge in [0.2, 0.25) is 5.88 Å². The van der Waals surface area contributed by atoms with Crippen molar-refractivity contribution in [3.05, 3.63) is 46.8 Å². The Morgan fingerprint density at radius 3 is 2.72 bits per heavy atom. The number of rotatable bonds is 5. The highest BCUT2D eigenvalue weighted by Crippen LogP contribution is 2.32. The van der Waals surface area contributed by atoms with E-state index < -0.39 is 17.0 Å². The maximum Gasteiger partial charge on any atom is 0.252 e. The summed E-state index contributed by atoms with van der Waals surface area (Å²) < 4.78 is 25.5. The number of nitrogens with one attached hydrogen (secondary N) is 1. The molecular formula is C16H16N4O4S. The second-order valence-corrected chi connectivity index (χ2v) is 6.58. The van der Waals surface area contributed by atoms with E-state index in [4.69, 9.17) is 14.8 Å². The number of nitrogens with zero attached hydrogens (tertiary/aromatic N) is 2. The molecule has 3 rings (SSSR count). The van der Waals surface area contributed by atoms with Gasteiger partial charge in [0.15, 0.2) is 11.1 Å². The third-order valence-corrected chi connectivity index (χ3v) is 4.23. The Bertz CT molecular complexity index is 999. The summed E-state index contributed by atoms with van der Waals surface area (Å²) in [6.45, 7) is 3.61. The van der Waals surface area contributed by atoms with Gasteiger partial charge in [0, 0.05) is 17.6 Å². The van der Waals surface area contributed by atoms with Gasteiger partial charge in [-0.25, -0.2) is 4.21 Å². The molecular weight excluding hydrogens is 344 g/mol. The molecule has 0 aliphatic heterocycles. The van der Waals surface area contributed by atoms with Crippen molar-refractivity contribution in [2.45, 2.75) is 19.6 Å². The summed E-state index contributed by atoms with van der Waals surface area (Å²) in [4.78, 5) is 16.1. The van der Waals surface area contributed by atoms with Crippen LogP contribution in [0.2, 0.25) is 0 Å². The first-order valence-electron chi connectivity index (χ1n) is 7.35. The normalized spacial score (nSPS) is 12.3. The fraction of sp³-hybridized carbons (Fsp3) is 0.188. The molecule has 0 bridgehead atoms. The number of aromatic nitrogens is 2. The number of nitrogens with two attached hydrogens (primary N) is 1. The minimum atomic E-state index is -1.98. The summed E-state index contributed by atoms with van der Waals surface area (Å²) in [6, 6.07) is 5.17. The van der Waals surface area contributed by atoms with Crippen LogP contribution in [-0.4, -0.2) is 24.8 Å². The minimum absolute atomic E-state index is 0.0293. The van der Waals surface area contributed by atoms with Gasteiger partial charge in [-0.3, -0.25) is 9.78 Å². The van der Waals surface area contributed by atoms with Crippen LogP contribution in [0, 0.1) is 13.8 Å². The lowest BCUT2D eigenvalue weighted by atomic mass is 10.0. The van der Waals surface area contributed by atoms with Gasteiger partial charge >= 0.3 is 0 Å². The van der Waals surface area contributed by atoms with Gasteiger partial charge in [0.05, 0.1) is 28.2 Å². The zero-order valence-electron chi connectivity index (χ0n) is 13.6. The Morgan fingerprint density at radius 2 is 2.12 bits per heavy atom. The summed E-state index contributed by atoms with van der Waals surface area (Å²) in [6.07, 6.45) is 1.40. The van der Waals surface area contributed by atoms with Crippen LogP contribution in [0.4, 0.5) is 11.6 Å². The molecule has 0 aliphatic carbocycles. The van der Waals surface area contributed by atoms with Crippen molar-refractivity contribution in [3.63, 3.8) is 0 Å². The number of primary amides is 1. The van der Waals surface area contributed by atoms with Crippen molar-refractivity contribution in [2.75, 3.05) is 5.32 Å². The predicted octanol–water partition coefficient (Wildman–Crippen LogP) is 2.40. The maximum atomic E-state index is 11.8. The van der Waals surface area contributed by atoms with E-state index >= 15 is 0 Å². The Hall–Kier alpha value is -2.78. The molecule has 0 aliphatic rings. The summed E-state index contributed by atoms with van der Waals surface area (Å²) in [5.41, 5.74) is 8.85. The Kier molecular flexibility index (Phi) is 4.51. The molecule has 8 nitrogen and oxygen atoms in total. The van der Waals surface area contributed by atoms with Crippen LogP contribution in [0.25, 0.3) is 10.9 Å². The molecule has 9 heteroatoms. The van der Waals surface area contributed by atoms with E-state index in [1.165, 1.54) is 6.20 Å². The van der Waals surface area contributed by atoms with Crippen LogP contribution in [0.15, 0.2) is 28.9 Å². The van der Waals surface area contributed by atoms with Gasteiger partial charge in [-0.05, 0) is 31.0 Å². The lowest BCUT2D eigenvalue weighted by molar-refractivity contribution is 0.100. The molecule has 1 aromatic carbocycles. The second-order valence-electron chi connectivity index (χ2n) is 5.64. The molecule has 0 fully saturated rings. The summed E-state index contributed by atoms with van der Waals surface area (Å²) in [5, 5.41) is 7.42. The monoisotopic (exact) mass is 360 g/mol. The smallest absolute Gasteiger partial charge is 0.252 e. The highest BCUT2D eigenvalue weighted by atomic mass is 32.2. The first kappa shape index (κ1) is 17.1. The standard InChI is InChI=1S/C16H16N4O4S/c1-8-3-10(7-25(22)23)5-11-14(8)18-6-12(16(17)21)15(11)19-13-4-9(2)20-24-13/h3-6H,7H2,1-2H3,(H2,17,21)(H,18,19)(H,22,23). The minimum Gasteiger partial charge on any atom is -0.365 e. The Balaban J connectivity index is 2.24. The van der Waals surface area contributed by atoms with Gasteiger partial charge in [-0.2, -0.15) is 0 Å². The molecule has 3 aromatic rings. The molecule has 0 saturated carbocycles. The summed E-state index contributed by atoms with van der Waals surface area (Å²) >= 11 is -1.98. The van der Waals surface area contributed by atoms with Gasteiger partial charge in [-0.1, -0.05) is 11.2 Å². The Labute approximate surface area is 145 Å². The van der Waals surface area contributed by atoms with Gasteiger partial charge in [0.25, 0.3) is 5.91 Å². The topological polar surface area (TPSA) is 131 Å². The zero-order valence-corrected chi connectivity index (χ0v) is 14.4. The highest BCUT2D eigenvalue weighted by Gasteiger charge is 2.17. The first-order chi connectivity index (χ1) is 11.8. The van der Waals surface area contributed by atoms with Crippen LogP contribution in [0.1, 0.15) is 27.2 Å². The van der Waals surface area contributed by atoms with Crippen LogP contribution in [0.5, 0.6) is 0 Å². The largest absolute Gasteiger partial charge is 0.365 e. The third-order valence-electron chi connectivity index (χ3n) is 3.65. The van der Waals surface area contributed by atoms with Crippen molar-refractivity contribution in [1.29, 1.82) is 0 Å². The van der Waals surface area contributed by atoms with Crippen LogP contribution in [-0.2, 0) is 16.8 Å². The van der Waals surface area contributed by atoms with E-state index in [9.17, 15) is 9.00 Å². The number of hydrogen-bond donors (Lipinski definition) is 3. The zero-order chi connectivity index (χ0) is 18.1. The molecule has 4 N–H and O–H groups in total. The van der Waals surface area contributed by atoms with E-state index in [1.54, 1.807) is 25.1 Å². The average molecular weight is 360 g/mol. The first-order valence-corrected chi connectivity index (χ1v) is 8.62. The van der Waals surface area contributed by atoms with Crippen LogP contribution < -0.4 is 11.1 Å². The number of fused-ring (bicyclic) bond motifs is 1. The molecule has 0 spiro atoms. The van der Waals surface area contributed by atoms with E-state index in [1.807, 2.05) is 6.92 Å². The van der Waals surface area contributed by atoms with Crippen LogP contribution in [0.3, 0.4) is 0 Å². The third kappa shape index (κ3) is 3.52. The number of hydrogen-bond acceptors (Lipinski definition) is 6. The van der Waals surface area contributed by atoms with Crippen molar-refractivity contribution in [3.8, 4) is 0 Å². The molecule has 0 radical (unpaired) electrons. The summed E-state index contributed by atoms with van der Waals surface area (Å²) in [7, 11) is 0. The number of carbonyl (C=O) groups is 1. The lowest BCUT2D eigenvalue weighted by Gasteiger charge is -2.13. The predicted molar refractivity (Wildman–Crippen MR) is 94.0 cm³/mol. The number of amides is 1. The lowest BCUT2D eigenvalue weighted by Crippen LogP contribution is -2.14. The molecule has 1 unspecified atom stereocenters. The molecule has 0 saturated heterocycles. The van der Waals surface area contributed by atoms with E-state index in [-0.39, 0.29) is 11.3 Å². The molecule has 1 amide bonds. The number of benzene rings is 1. The van der Waals surface area contributed by atoms with Crippen molar-refractivity contribution in [2.24, 2.45) is 5.73 Å². The quantitative estimate of drug-likeness (QED) is 0.595. The maximum absolute atomic E-state index is 11.8. The highest BCUT2D eigenvalue weighted by molar-refractivity contribution is 7.78. The van der Waals surface area contributed by atoms with E-state index in [2.05, 4.69) is 15.5 Å². The van der Waals surface area contributed by atoms with E-state index in [0.29, 0.717) is 33.7 Å². The fourth-order valence-electron chi connectivity index (χ4n) is 2.65. The summed E-state index contributed by atoms with van der Waals surface area (Å²) in [5.74, 6) is -0.332. The molecule has 2 aromatic heterocycles. The van der Waals surface area contributed by atoms with Gasteiger partial charge < -0.3 is 20.1 Å². The van der Waals surface area contributed by atoms with Gasteiger partial charge in [-0.15, -0.1) is 0 Å². The number of pyridine rings is 1. The molecule has 25 heavy (non-hydrogen) atoms. The van der Waals surface area contributed by atoms with E-state index in [0.717, 1.165) is 5.56 Å². The van der Waals surface area contributed by atoms with Crippen molar-refractivity contribution in [1.82, 2.24) is 10.1 Å². The Morgan fingerprint density at radius 1 is 1.36 bits per heavy atom. The molecule has 1 atom stereocenters. The average Bonchev–Trinajstić information content (AvgIpc) is 2.92. The van der Waals surface area contributed by atoms with Crippen molar-refractivity contribution < 1.29 is 18.1 Å². The second kappa shape index (κ2) is 6.61. The SMILES string of the molecule is Cc1cc(Nc2c(C(N)=O)cnc3c(C)cc(CS(=O)O)cc23)on1. The number of aryl methyl sites for hydroxylation is 2. The fourth-order valence-corrected chi connectivity index (χ4v) is 3.10. The van der Waals surface area contributed by atoms with Gasteiger partial charge in [0.1, 0.15) is 0 Å². The van der Waals surface area contributed by atoms with Crippen LogP contribution >= 0.6 is 0 Å². The molecule has 130 valence electrons. The van der Waals surface area contributed by atoms with Crippen molar-refractivity contribution >= 4 is 39.5 Å². The molecule has 2 heterocycles. The number of carbonyl (C=O) groups excluding carboxylic acids is 1. The number of anilines is 2.